The van der Waals surface area contributed by atoms with E-state index in [1.807, 2.05) is 0 Å². The van der Waals surface area contributed by atoms with Crippen LogP contribution < -0.4 is 10.5 Å². The molecule has 98 valence electrons. The summed E-state index contributed by atoms with van der Waals surface area (Å²) in [7, 11) is 0. The number of hydrogen-bond acceptors (Lipinski definition) is 2. The minimum Gasteiger partial charge on any atom is -0.493 e. The first-order valence-electron chi connectivity index (χ1n) is 6.89. The second-order valence-corrected chi connectivity index (χ2v) is 6.67. The van der Waals surface area contributed by atoms with Crippen LogP contribution in [0.1, 0.15) is 43.2 Å². The van der Waals surface area contributed by atoms with E-state index in [-0.39, 0.29) is 5.54 Å². The lowest BCUT2D eigenvalue weighted by Gasteiger charge is -2.34. The molecule has 2 nitrogen and oxygen atoms in total. The highest BCUT2D eigenvalue weighted by Gasteiger charge is 2.30. The van der Waals surface area contributed by atoms with Gasteiger partial charge in [0.1, 0.15) is 5.75 Å². The van der Waals surface area contributed by atoms with Crippen molar-refractivity contribution >= 4 is 15.9 Å². The van der Waals surface area contributed by atoms with Gasteiger partial charge in [0.05, 0.1) is 6.61 Å². The van der Waals surface area contributed by atoms with E-state index in [1.54, 1.807) is 0 Å². The van der Waals surface area contributed by atoms with E-state index in [0.29, 0.717) is 0 Å². The fourth-order valence-corrected chi connectivity index (χ4v) is 3.84. The topological polar surface area (TPSA) is 35.2 Å². The van der Waals surface area contributed by atoms with E-state index >= 15 is 0 Å². The van der Waals surface area contributed by atoms with Crippen LogP contribution in [0, 0.1) is 0 Å². The minimum atomic E-state index is -0.0151. The van der Waals surface area contributed by atoms with Crippen molar-refractivity contribution in [3.05, 3.63) is 27.7 Å². The fraction of sp³-hybridized carbons (Fsp3) is 0.600. The summed E-state index contributed by atoms with van der Waals surface area (Å²) in [6.45, 7) is 0.816. The van der Waals surface area contributed by atoms with Crippen LogP contribution in [0.2, 0.25) is 0 Å². The summed E-state index contributed by atoms with van der Waals surface area (Å²) >= 11 is 3.60. The highest BCUT2D eigenvalue weighted by Crippen LogP contribution is 2.37. The van der Waals surface area contributed by atoms with Crippen LogP contribution in [0.25, 0.3) is 0 Å². The molecule has 2 N–H and O–H groups in total. The van der Waals surface area contributed by atoms with Gasteiger partial charge in [-0.3, -0.25) is 0 Å². The molecule has 18 heavy (non-hydrogen) atoms. The Morgan fingerprint density at radius 3 is 2.78 bits per heavy atom. The van der Waals surface area contributed by atoms with Crippen LogP contribution in [-0.2, 0) is 12.8 Å². The molecule has 0 radical (unpaired) electrons. The molecule has 0 saturated heterocycles. The molecule has 0 atom stereocenters. The van der Waals surface area contributed by atoms with Crippen molar-refractivity contribution in [3.8, 4) is 5.75 Å². The Bertz CT molecular complexity index is 452. The fourth-order valence-electron chi connectivity index (χ4n) is 3.29. The van der Waals surface area contributed by atoms with Crippen molar-refractivity contribution in [2.75, 3.05) is 6.61 Å². The summed E-state index contributed by atoms with van der Waals surface area (Å²) in [6, 6.07) is 4.36. The second kappa shape index (κ2) is 4.86. The highest BCUT2D eigenvalue weighted by atomic mass is 79.9. The second-order valence-electron chi connectivity index (χ2n) is 5.75. The van der Waals surface area contributed by atoms with Crippen LogP contribution in [0.15, 0.2) is 16.6 Å². The Morgan fingerprint density at radius 1 is 1.22 bits per heavy atom. The first-order chi connectivity index (χ1) is 8.66. The zero-order chi connectivity index (χ0) is 12.6. The highest BCUT2D eigenvalue weighted by molar-refractivity contribution is 9.10. The van der Waals surface area contributed by atoms with Crippen LogP contribution in [0.3, 0.4) is 0 Å². The largest absolute Gasteiger partial charge is 0.493 e. The van der Waals surface area contributed by atoms with Gasteiger partial charge in [-0.25, -0.2) is 0 Å². The molecule has 0 aromatic heterocycles. The lowest BCUT2D eigenvalue weighted by Crippen LogP contribution is -2.43. The molecule has 2 aliphatic rings. The maximum Gasteiger partial charge on any atom is 0.125 e. The van der Waals surface area contributed by atoms with Gasteiger partial charge in [0.15, 0.2) is 0 Å². The number of ether oxygens (including phenoxy) is 1. The normalized spacial score (nSPS) is 21.4. The Morgan fingerprint density at radius 2 is 2.00 bits per heavy atom. The zero-order valence-corrected chi connectivity index (χ0v) is 12.3. The summed E-state index contributed by atoms with van der Waals surface area (Å²) in [5.41, 5.74) is 9.17. The Balaban J connectivity index is 1.88. The van der Waals surface area contributed by atoms with Crippen molar-refractivity contribution in [2.45, 2.75) is 50.5 Å². The maximum atomic E-state index is 6.56. The van der Waals surface area contributed by atoms with Crippen molar-refractivity contribution in [1.82, 2.24) is 0 Å². The first-order valence-corrected chi connectivity index (χ1v) is 7.69. The van der Waals surface area contributed by atoms with Gasteiger partial charge in [0.25, 0.3) is 0 Å². The van der Waals surface area contributed by atoms with Gasteiger partial charge in [-0.1, -0.05) is 35.2 Å². The van der Waals surface area contributed by atoms with Gasteiger partial charge in [-0.05, 0) is 42.5 Å². The van der Waals surface area contributed by atoms with Crippen LogP contribution in [0.5, 0.6) is 5.75 Å². The van der Waals surface area contributed by atoms with Gasteiger partial charge in [-0.2, -0.15) is 0 Å². The van der Waals surface area contributed by atoms with E-state index < -0.39 is 0 Å². The molecule has 1 aromatic carbocycles. The molecule has 3 heteroatoms. The quantitative estimate of drug-likeness (QED) is 0.906. The van der Waals surface area contributed by atoms with E-state index in [2.05, 4.69) is 28.1 Å². The number of benzene rings is 1. The summed E-state index contributed by atoms with van der Waals surface area (Å²) < 4.78 is 6.95. The average molecular weight is 310 g/mol. The average Bonchev–Trinajstić information content (AvgIpc) is 2.77. The molecule has 1 aromatic rings. The summed E-state index contributed by atoms with van der Waals surface area (Å²) in [5.74, 6) is 1.11. The van der Waals surface area contributed by atoms with Gasteiger partial charge in [0.2, 0.25) is 0 Å². The Hall–Kier alpha value is -0.540. The third kappa shape index (κ3) is 2.43. The Labute approximate surface area is 117 Å². The molecule has 1 aliphatic heterocycles. The molecule has 3 rings (SSSR count). The van der Waals surface area contributed by atoms with Crippen molar-refractivity contribution in [1.29, 1.82) is 0 Å². The predicted octanol–water partition coefficient (Wildman–Crippen LogP) is 3.59. The number of nitrogens with two attached hydrogens (primary N) is 1. The number of fused-ring (bicyclic) bond motifs is 1. The molecule has 0 bridgehead atoms. The standard InChI is InChI=1S/C15H20BrNO/c16-13-8-11-4-7-18-14(11)12(9-13)10-15(17)5-2-1-3-6-15/h8-9H,1-7,10,17H2. The molecule has 1 saturated carbocycles. The molecule has 0 spiro atoms. The Kier molecular flexibility index (Phi) is 3.37. The molecular weight excluding hydrogens is 290 g/mol. The molecule has 1 aliphatic carbocycles. The van der Waals surface area contributed by atoms with E-state index in [9.17, 15) is 0 Å². The molecule has 0 amide bonds. The lowest BCUT2D eigenvalue weighted by atomic mass is 9.78. The summed E-state index contributed by atoms with van der Waals surface area (Å²) in [5, 5.41) is 0. The smallest absolute Gasteiger partial charge is 0.125 e. The van der Waals surface area contributed by atoms with Crippen molar-refractivity contribution < 1.29 is 4.74 Å². The summed E-state index contributed by atoms with van der Waals surface area (Å²) in [4.78, 5) is 0. The molecule has 1 heterocycles. The molecular formula is C15H20BrNO. The number of hydrogen-bond donors (Lipinski definition) is 1. The van der Waals surface area contributed by atoms with Gasteiger partial charge >= 0.3 is 0 Å². The van der Waals surface area contributed by atoms with Gasteiger partial charge < -0.3 is 10.5 Å². The van der Waals surface area contributed by atoms with E-state index in [0.717, 1.165) is 42.5 Å². The lowest BCUT2D eigenvalue weighted by molar-refractivity contribution is 0.288. The van der Waals surface area contributed by atoms with Gasteiger partial charge in [0, 0.05) is 16.4 Å². The monoisotopic (exact) mass is 309 g/mol. The van der Waals surface area contributed by atoms with Crippen molar-refractivity contribution in [3.63, 3.8) is 0 Å². The van der Waals surface area contributed by atoms with Crippen LogP contribution in [-0.4, -0.2) is 12.1 Å². The molecule has 0 unspecified atom stereocenters. The first kappa shape index (κ1) is 12.5. The predicted molar refractivity (Wildman–Crippen MR) is 77.0 cm³/mol. The van der Waals surface area contributed by atoms with E-state index in [4.69, 9.17) is 10.5 Å². The molecule has 1 fully saturated rings. The summed E-state index contributed by atoms with van der Waals surface area (Å²) in [6.07, 6.45) is 8.16. The van der Waals surface area contributed by atoms with Gasteiger partial charge in [-0.15, -0.1) is 0 Å². The third-order valence-corrected chi connectivity index (χ3v) is 4.68. The maximum absolute atomic E-state index is 6.56. The van der Waals surface area contributed by atoms with Crippen LogP contribution >= 0.6 is 15.9 Å². The number of rotatable bonds is 2. The SMILES string of the molecule is NC1(Cc2cc(Br)cc3c2OCC3)CCCCC1. The minimum absolute atomic E-state index is 0.0151. The number of halogens is 1. The van der Waals surface area contributed by atoms with Crippen molar-refractivity contribution in [2.24, 2.45) is 5.73 Å². The zero-order valence-electron chi connectivity index (χ0n) is 10.7. The van der Waals surface area contributed by atoms with Crippen LogP contribution in [0.4, 0.5) is 0 Å². The van der Waals surface area contributed by atoms with E-state index in [1.165, 1.54) is 30.4 Å². The third-order valence-electron chi connectivity index (χ3n) is 4.22.